The van der Waals surface area contributed by atoms with Crippen LogP contribution in [-0.4, -0.2) is 17.6 Å². The summed E-state index contributed by atoms with van der Waals surface area (Å²) in [6.07, 6.45) is 4.75. The molecule has 30 heavy (non-hydrogen) atoms. The Morgan fingerprint density at radius 2 is 1.80 bits per heavy atom. The molecule has 1 aliphatic carbocycles. The summed E-state index contributed by atoms with van der Waals surface area (Å²) >= 11 is 0. The van der Waals surface area contributed by atoms with Gasteiger partial charge in [-0.2, -0.15) is 0 Å². The molecular formula is C26H26N2O2. The van der Waals surface area contributed by atoms with Crippen LogP contribution in [0.2, 0.25) is 0 Å². The van der Waals surface area contributed by atoms with Crippen molar-refractivity contribution in [1.29, 1.82) is 0 Å². The van der Waals surface area contributed by atoms with Gasteiger partial charge in [0.05, 0.1) is 24.4 Å². The van der Waals surface area contributed by atoms with Gasteiger partial charge >= 0.3 is 0 Å². The Bertz CT molecular complexity index is 1250. The highest BCUT2D eigenvalue weighted by Gasteiger charge is 2.24. The fraction of sp³-hybridized carbons (Fsp3) is 0.269. The number of aromatic nitrogens is 1. The molecule has 0 atom stereocenters. The van der Waals surface area contributed by atoms with E-state index in [0.29, 0.717) is 0 Å². The van der Waals surface area contributed by atoms with Crippen molar-refractivity contribution in [2.24, 2.45) is 5.73 Å². The first-order valence-corrected chi connectivity index (χ1v) is 10.6. The molecule has 0 aliphatic heterocycles. The average molecular weight is 399 g/mol. The second-order valence-electron chi connectivity index (χ2n) is 8.17. The fourth-order valence-corrected chi connectivity index (χ4v) is 5.03. The van der Waals surface area contributed by atoms with E-state index in [1.165, 1.54) is 35.0 Å². The Hall–Kier alpha value is -3.27. The molecule has 0 radical (unpaired) electrons. The Morgan fingerprint density at radius 1 is 1.00 bits per heavy atom. The molecule has 0 unspecified atom stereocenters. The lowest BCUT2D eigenvalue weighted by Crippen LogP contribution is -2.13. The number of amides is 1. The third-order valence-corrected chi connectivity index (χ3v) is 6.29. The minimum Gasteiger partial charge on any atom is -0.496 e. The number of rotatable bonds is 5. The van der Waals surface area contributed by atoms with Crippen LogP contribution in [0, 0.1) is 0 Å². The minimum atomic E-state index is -0.316. The van der Waals surface area contributed by atoms with Crippen LogP contribution in [-0.2, 0) is 30.6 Å². The normalized spacial score (nSPS) is 13.5. The number of fused-ring (bicyclic) bond motifs is 4. The SMILES string of the molecule is COc1c2c(cc3c1c1c(CC(N)=O)cccc1n3Cc1ccccc1)CCCC2. The third kappa shape index (κ3) is 3.04. The number of primary amides is 1. The third-order valence-electron chi connectivity index (χ3n) is 6.29. The summed E-state index contributed by atoms with van der Waals surface area (Å²) in [7, 11) is 1.76. The van der Waals surface area contributed by atoms with Crippen molar-refractivity contribution < 1.29 is 9.53 Å². The summed E-state index contributed by atoms with van der Waals surface area (Å²) in [4.78, 5) is 11.8. The van der Waals surface area contributed by atoms with Crippen molar-refractivity contribution in [3.8, 4) is 5.75 Å². The van der Waals surface area contributed by atoms with Gasteiger partial charge in [-0.15, -0.1) is 0 Å². The zero-order valence-electron chi connectivity index (χ0n) is 17.3. The second-order valence-corrected chi connectivity index (χ2v) is 8.17. The fourth-order valence-electron chi connectivity index (χ4n) is 5.03. The van der Waals surface area contributed by atoms with Crippen LogP contribution in [0.15, 0.2) is 54.6 Å². The van der Waals surface area contributed by atoms with Gasteiger partial charge in [-0.05, 0) is 60.1 Å². The highest BCUT2D eigenvalue weighted by Crippen LogP contribution is 2.43. The first-order valence-electron chi connectivity index (χ1n) is 10.6. The molecule has 4 nitrogen and oxygen atoms in total. The van der Waals surface area contributed by atoms with Gasteiger partial charge < -0.3 is 15.0 Å². The molecule has 1 heterocycles. The number of carbonyl (C=O) groups excluding carboxylic acids is 1. The summed E-state index contributed by atoms with van der Waals surface area (Å²) in [5.41, 5.74) is 12.8. The van der Waals surface area contributed by atoms with Crippen molar-refractivity contribution in [2.75, 3.05) is 7.11 Å². The molecule has 152 valence electrons. The van der Waals surface area contributed by atoms with E-state index in [9.17, 15) is 4.79 Å². The molecule has 5 rings (SSSR count). The van der Waals surface area contributed by atoms with E-state index in [1.54, 1.807) is 7.11 Å². The molecule has 2 N–H and O–H groups in total. The lowest BCUT2D eigenvalue weighted by atomic mass is 9.88. The van der Waals surface area contributed by atoms with Crippen LogP contribution in [0.5, 0.6) is 5.75 Å². The first-order chi connectivity index (χ1) is 14.7. The minimum absolute atomic E-state index is 0.224. The molecule has 1 amide bonds. The van der Waals surface area contributed by atoms with Gasteiger partial charge in [-0.1, -0.05) is 42.5 Å². The van der Waals surface area contributed by atoms with Gasteiger partial charge in [0.1, 0.15) is 5.75 Å². The van der Waals surface area contributed by atoms with E-state index in [-0.39, 0.29) is 12.3 Å². The molecule has 3 aromatic carbocycles. The lowest BCUT2D eigenvalue weighted by molar-refractivity contribution is -0.117. The summed E-state index contributed by atoms with van der Waals surface area (Å²) in [5, 5.41) is 2.20. The van der Waals surface area contributed by atoms with Gasteiger partial charge in [0, 0.05) is 17.4 Å². The maximum atomic E-state index is 11.8. The molecule has 0 saturated carbocycles. The van der Waals surface area contributed by atoms with Crippen LogP contribution >= 0.6 is 0 Å². The number of nitrogens with zero attached hydrogens (tertiary/aromatic N) is 1. The molecule has 0 spiro atoms. The van der Waals surface area contributed by atoms with Crippen LogP contribution in [0.1, 0.15) is 35.1 Å². The highest BCUT2D eigenvalue weighted by molar-refractivity contribution is 6.14. The smallest absolute Gasteiger partial charge is 0.221 e. The van der Waals surface area contributed by atoms with Crippen molar-refractivity contribution >= 4 is 27.7 Å². The van der Waals surface area contributed by atoms with E-state index < -0.39 is 0 Å². The van der Waals surface area contributed by atoms with Crippen LogP contribution in [0.4, 0.5) is 0 Å². The molecule has 4 aromatic rings. The van der Waals surface area contributed by atoms with Crippen molar-refractivity contribution in [2.45, 2.75) is 38.6 Å². The summed E-state index contributed by atoms with van der Waals surface area (Å²) < 4.78 is 8.39. The van der Waals surface area contributed by atoms with Gasteiger partial charge in [0.2, 0.25) is 5.91 Å². The van der Waals surface area contributed by atoms with Gasteiger partial charge in [0.25, 0.3) is 0 Å². The number of hydrogen-bond acceptors (Lipinski definition) is 2. The highest BCUT2D eigenvalue weighted by atomic mass is 16.5. The van der Waals surface area contributed by atoms with Crippen LogP contribution in [0.25, 0.3) is 21.8 Å². The zero-order valence-corrected chi connectivity index (χ0v) is 17.3. The van der Waals surface area contributed by atoms with Crippen molar-refractivity contribution in [3.05, 3.63) is 76.9 Å². The Balaban J connectivity index is 1.88. The number of nitrogens with two attached hydrogens (primary N) is 1. The molecule has 1 aliphatic rings. The van der Waals surface area contributed by atoms with E-state index >= 15 is 0 Å². The predicted octanol–water partition coefficient (Wildman–Crippen LogP) is 4.76. The van der Waals surface area contributed by atoms with Crippen molar-refractivity contribution in [3.63, 3.8) is 0 Å². The number of aryl methyl sites for hydroxylation is 1. The van der Waals surface area contributed by atoms with E-state index in [1.807, 2.05) is 18.2 Å². The Labute approximate surface area is 176 Å². The first kappa shape index (κ1) is 18.7. The Kier molecular flexibility index (Phi) is 4.70. The number of ether oxygens (including phenoxy) is 1. The van der Waals surface area contributed by atoms with E-state index in [0.717, 1.165) is 47.0 Å². The molecule has 4 heteroatoms. The van der Waals surface area contributed by atoms with Gasteiger partial charge in [0.15, 0.2) is 0 Å². The summed E-state index contributed by atoms with van der Waals surface area (Å²) in [6, 6.07) is 19.0. The topological polar surface area (TPSA) is 57.2 Å². The van der Waals surface area contributed by atoms with Gasteiger partial charge in [-0.3, -0.25) is 4.79 Å². The molecule has 0 saturated heterocycles. The van der Waals surface area contributed by atoms with Crippen LogP contribution in [0.3, 0.4) is 0 Å². The van der Waals surface area contributed by atoms with E-state index in [2.05, 4.69) is 41.0 Å². The number of carbonyl (C=O) groups is 1. The van der Waals surface area contributed by atoms with E-state index in [4.69, 9.17) is 10.5 Å². The zero-order chi connectivity index (χ0) is 20.7. The number of methoxy groups -OCH3 is 1. The Morgan fingerprint density at radius 3 is 2.57 bits per heavy atom. The van der Waals surface area contributed by atoms with Crippen LogP contribution < -0.4 is 10.5 Å². The second kappa shape index (κ2) is 7.52. The molecular weight excluding hydrogens is 372 g/mol. The average Bonchev–Trinajstić information content (AvgIpc) is 3.06. The maximum absolute atomic E-state index is 11.8. The molecule has 0 bridgehead atoms. The maximum Gasteiger partial charge on any atom is 0.221 e. The quantitative estimate of drug-likeness (QED) is 0.527. The summed E-state index contributed by atoms with van der Waals surface area (Å²) in [5.74, 6) is 0.652. The predicted molar refractivity (Wildman–Crippen MR) is 121 cm³/mol. The number of benzene rings is 3. The van der Waals surface area contributed by atoms with Crippen molar-refractivity contribution in [1.82, 2.24) is 4.57 Å². The largest absolute Gasteiger partial charge is 0.496 e. The summed E-state index contributed by atoms with van der Waals surface area (Å²) in [6.45, 7) is 0.767. The molecule has 1 aromatic heterocycles. The van der Waals surface area contributed by atoms with Gasteiger partial charge in [-0.25, -0.2) is 0 Å². The molecule has 0 fully saturated rings. The number of hydrogen-bond donors (Lipinski definition) is 1. The monoisotopic (exact) mass is 398 g/mol. The standard InChI is InChI=1S/C26H26N2O2/c1-30-26-20-12-6-5-10-18(20)14-22-25(26)24-19(15-23(27)29)11-7-13-21(24)28(22)16-17-8-3-2-4-9-17/h2-4,7-9,11,13-14H,5-6,10,12,15-16H2,1H3,(H2,27,29). The lowest BCUT2D eigenvalue weighted by Gasteiger charge is -2.20.